The highest BCUT2D eigenvalue weighted by atomic mass is 19.1. The number of ether oxygens (including phenoxy) is 1. The average Bonchev–Trinajstić information content (AvgIpc) is 2.73. The Morgan fingerprint density at radius 2 is 1.74 bits per heavy atom. The number of carbonyl (C=O) groups excluding carboxylic acids is 3. The predicted molar refractivity (Wildman–Crippen MR) is 116 cm³/mol. The van der Waals surface area contributed by atoms with Crippen LogP contribution in [0, 0.1) is 5.82 Å². The molecule has 166 valence electrons. The molecule has 0 atom stereocenters. The van der Waals surface area contributed by atoms with E-state index in [9.17, 15) is 18.8 Å². The summed E-state index contributed by atoms with van der Waals surface area (Å²) in [4.78, 5) is 37.9. The smallest absolute Gasteiger partial charge is 0.325 e. The predicted octanol–water partition coefficient (Wildman–Crippen LogP) is 3.44. The van der Waals surface area contributed by atoms with Gasteiger partial charge in [0, 0.05) is 18.7 Å². The van der Waals surface area contributed by atoms with E-state index in [4.69, 9.17) is 4.74 Å². The fraction of sp³-hybridized carbons (Fsp3) is 0.375. The molecule has 1 N–H and O–H groups in total. The Bertz CT molecular complexity index is 920. The molecular formula is C24H29FN2O4. The van der Waals surface area contributed by atoms with Crippen LogP contribution in [0.5, 0.6) is 0 Å². The number of carbonyl (C=O) groups is 3. The summed E-state index contributed by atoms with van der Waals surface area (Å²) in [5.74, 6) is -1.89. The van der Waals surface area contributed by atoms with Gasteiger partial charge in [-0.2, -0.15) is 0 Å². The summed E-state index contributed by atoms with van der Waals surface area (Å²) in [5.41, 5.74) is 2.16. The van der Waals surface area contributed by atoms with Crippen LogP contribution < -0.4 is 5.32 Å². The molecule has 0 saturated heterocycles. The first-order valence-corrected chi connectivity index (χ1v) is 10.2. The molecule has 0 radical (unpaired) electrons. The van der Waals surface area contributed by atoms with Gasteiger partial charge in [-0.05, 0) is 47.7 Å². The fourth-order valence-corrected chi connectivity index (χ4v) is 2.89. The molecule has 2 rings (SSSR count). The molecule has 2 amide bonds. The Morgan fingerprint density at radius 3 is 2.32 bits per heavy atom. The van der Waals surface area contributed by atoms with Crippen molar-refractivity contribution in [2.24, 2.45) is 0 Å². The molecule has 0 saturated carbocycles. The van der Waals surface area contributed by atoms with Crippen LogP contribution in [0.2, 0.25) is 0 Å². The van der Waals surface area contributed by atoms with Gasteiger partial charge in [-0.3, -0.25) is 14.4 Å². The van der Waals surface area contributed by atoms with E-state index in [0.717, 1.165) is 5.56 Å². The maximum Gasteiger partial charge on any atom is 0.325 e. The topological polar surface area (TPSA) is 75.7 Å². The molecule has 0 aromatic heterocycles. The summed E-state index contributed by atoms with van der Waals surface area (Å²) in [6, 6.07) is 13.1. The van der Waals surface area contributed by atoms with E-state index in [1.54, 1.807) is 31.2 Å². The molecule has 0 aliphatic heterocycles. The normalized spacial score (nSPS) is 11.0. The maximum absolute atomic E-state index is 13.3. The van der Waals surface area contributed by atoms with Crippen LogP contribution in [0.4, 0.5) is 4.39 Å². The number of hydrogen-bond donors (Lipinski definition) is 1. The lowest BCUT2D eigenvalue weighted by Crippen LogP contribution is -2.36. The van der Waals surface area contributed by atoms with Crippen LogP contribution >= 0.6 is 0 Å². The number of hydrogen-bond acceptors (Lipinski definition) is 4. The maximum atomic E-state index is 13.3. The van der Waals surface area contributed by atoms with Crippen molar-refractivity contribution >= 4 is 17.8 Å². The van der Waals surface area contributed by atoms with Crippen molar-refractivity contribution in [3.63, 3.8) is 0 Å². The monoisotopic (exact) mass is 428 g/mol. The van der Waals surface area contributed by atoms with Crippen molar-refractivity contribution in [1.82, 2.24) is 10.2 Å². The number of nitrogens with one attached hydrogen (secondary N) is 1. The standard InChI is InChI=1S/C24H29FN2O4/c1-5-27(15-17-7-6-8-20(25)13-17)21(28)16-31-22(29)14-26-23(30)18-9-11-19(12-10-18)24(2,3)4/h6-13H,5,14-16H2,1-4H3,(H,26,30). The van der Waals surface area contributed by atoms with Gasteiger partial charge in [-0.1, -0.05) is 45.0 Å². The number of esters is 1. The first-order valence-electron chi connectivity index (χ1n) is 10.2. The SMILES string of the molecule is CCN(Cc1cccc(F)c1)C(=O)COC(=O)CNC(=O)c1ccc(C(C)(C)C)cc1. The molecule has 6 nitrogen and oxygen atoms in total. The summed E-state index contributed by atoms with van der Waals surface area (Å²) in [6.07, 6.45) is 0. The lowest BCUT2D eigenvalue weighted by molar-refractivity contribution is -0.151. The van der Waals surface area contributed by atoms with Gasteiger partial charge in [0.15, 0.2) is 6.61 Å². The van der Waals surface area contributed by atoms with Gasteiger partial charge in [0.2, 0.25) is 0 Å². The Kier molecular flexibility index (Phi) is 8.30. The molecule has 0 fully saturated rings. The molecule has 0 aliphatic carbocycles. The first kappa shape index (κ1) is 24.1. The van der Waals surface area contributed by atoms with Crippen molar-refractivity contribution in [3.05, 3.63) is 71.0 Å². The van der Waals surface area contributed by atoms with Gasteiger partial charge in [-0.25, -0.2) is 4.39 Å². The quantitative estimate of drug-likeness (QED) is 0.654. The number of amides is 2. The van der Waals surface area contributed by atoms with Gasteiger partial charge in [-0.15, -0.1) is 0 Å². The largest absolute Gasteiger partial charge is 0.454 e. The third-order valence-corrected chi connectivity index (χ3v) is 4.76. The van der Waals surface area contributed by atoms with Gasteiger partial charge >= 0.3 is 5.97 Å². The van der Waals surface area contributed by atoms with Crippen LogP contribution in [-0.2, 0) is 26.3 Å². The second kappa shape index (κ2) is 10.7. The number of nitrogens with zero attached hydrogens (tertiary/aromatic N) is 1. The second-order valence-corrected chi connectivity index (χ2v) is 8.21. The third-order valence-electron chi connectivity index (χ3n) is 4.76. The van der Waals surface area contributed by atoms with E-state index < -0.39 is 24.4 Å². The molecule has 0 aliphatic rings. The van der Waals surface area contributed by atoms with E-state index in [1.807, 2.05) is 12.1 Å². The van der Waals surface area contributed by atoms with Gasteiger partial charge < -0.3 is 15.0 Å². The Morgan fingerprint density at radius 1 is 1.06 bits per heavy atom. The van der Waals surface area contributed by atoms with E-state index in [1.165, 1.54) is 17.0 Å². The Hall–Kier alpha value is -3.22. The van der Waals surface area contributed by atoms with Crippen LogP contribution in [-0.4, -0.2) is 42.4 Å². The van der Waals surface area contributed by atoms with Gasteiger partial charge in [0.1, 0.15) is 12.4 Å². The van der Waals surface area contributed by atoms with Crippen LogP contribution in [0.25, 0.3) is 0 Å². The van der Waals surface area contributed by atoms with E-state index in [-0.39, 0.29) is 24.3 Å². The van der Waals surface area contributed by atoms with Crippen molar-refractivity contribution in [3.8, 4) is 0 Å². The number of halogens is 1. The summed E-state index contributed by atoms with van der Waals surface area (Å²) in [6.45, 7) is 7.83. The van der Waals surface area contributed by atoms with Crippen molar-refractivity contribution in [2.45, 2.75) is 39.7 Å². The lowest BCUT2D eigenvalue weighted by Gasteiger charge is -2.21. The summed E-state index contributed by atoms with van der Waals surface area (Å²) in [7, 11) is 0. The zero-order chi connectivity index (χ0) is 23.0. The summed E-state index contributed by atoms with van der Waals surface area (Å²) >= 11 is 0. The Labute approximate surface area is 182 Å². The molecule has 2 aromatic rings. The van der Waals surface area contributed by atoms with Crippen molar-refractivity contribution < 1.29 is 23.5 Å². The molecule has 2 aromatic carbocycles. The van der Waals surface area contributed by atoms with Gasteiger partial charge in [0.05, 0.1) is 0 Å². The molecule has 0 bridgehead atoms. The molecular weight excluding hydrogens is 399 g/mol. The van der Waals surface area contributed by atoms with Gasteiger partial charge in [0.25, 0.3) is 11.8 Å². The van der Waals surface area contributed by atoms with Crippen molar-refractivity contribution in [1.29, 1.82) is 0 Å². The van der Waals surface area contributed by atoms with Crippen LogP contribution in [0.15, 0.2) is 48.5 Å². The lowest BCUT2D eigenvalue weighted by atomic mass is 9.87. The van der Waals surface area contributed by atoms with E-state index in [2.05, 4.69) is 26.1 Å². The molecule has 31 heavy (non-hydrogen) atoms. The van der Waals surface area contributed by atoms with E-state index in [0.29, 0.717) is 17.7 Å². The number of likely N-dealkylation sites (N-methyl/N-ethyl adjacent to an activating group) is 1. The summed E-state index contributed by atoms with van der Waals surface area (Å²) in [5, 5.41) is 2.49. The van der Waals surface area contributed by atoms with Crippen molar-refractivity contribution in [2.75, 3.05) is 19.7 Å². The number of benzene rings is 2. The average molecular weight is 429 g/mol. The third kappa shape index (κ3) is 7.51. The molecule has 0 unspecified atom stereocenters. The fourth-order valence-electron chi connectivity index (χ4n) is 2.89. The molecule has 7 heteroatoms. The Balaban J connectivity index is 1.80. The van der Waals surface area contributed by atoms with Crippen LogP contribution in [0.1, 0.15) is 49.2 Å². The molecule has 0 spiro atoms. The number of rotatable bonds is 8. The second-order valence-electron chi connectivity index (χ2n) is 8.21. The minimum atomic E-state index is -0.713. The highest BCUT2D eigenvalue weighted by Gasteiger charge is 2.17. The van der Waals surface area contributed by atoms with E-state index >= 15 is 0 Å². The highest BCUT2D eigenvalue weighted by Crippen LogP contribution is 2.22. The minimum Gasteiger partial charge on any atom is -0.454 e. The minimum absolute atomic E-state index is 0.0214. The zero-order valence-electron chi connectivity index (χ0n) is 18.4. The van der Waals surface area contributed by atoms with Crippen LogP contribution in [0.3, 0.4) is 0 Å². The molecule has 0 heterocycles. The summed E-state index contributed by atoms with van der Waals surface area (Å²) < 4.78 is 18.3. The highest BCUT2D eigenvalue weighted by molar-refractivity contribution is 5.96. The zero-order valence-corrected chi connectivity index (χ0v) is 18.4. The first-order chi connectivity index (χ1) is 14.6.